The van der Waals surface area contributed by atoms with Crippen LogP contribution < -0.4 is 15.9 Å². The second kappa shape index (κ2) is 9.06. The summed E-state index contributed by atoms with van der Waals surface area (Å²) < 4.78 is 0. The topological polar surface area (TPSA) is 43.1 Å². The first-order chi connectivity index (χ1) is 15.4. The number of nitro groups is 1. The van der Waals surface area contributed by atoms with Crippen LogP contribution in [0.15, 0.2) is 97.1 Å². The molecule has 4 rings (SSSR count). The monoisotopic (exact) mass is 440 g/mol. The molecule has 0 saturated heterocycles. The summed E-state index contributed by atoms with van der Waals surface area (Å²) in [6.45, 7) is 6.33. The molecule has 3 nitrogen and oxygen atoms in total. The van der Waals surface area contributed by atoms with Crippen LogP contribution in [-0.2, 0) is 6.16 Å². The minimum absolute atomic E-state index is 0.124. The quantitative estimate of drug-likeness (QED) is 0.209. The van der Waals surface area contributed by atoms with Gasteiger partial charge in [0.1, 0.15) is 23.2 Å². The first-order valence-electron chi connectivity index (χ1n) is 10.7. The van der Waals surface area contributed by atoms with Crippen LogP contribution in [0.4, 0.5) is 5.69 Å². The van der Waals surface area contributed by atoms with Crippen LogP contribution in [0.1, 0.15) is 22.3 Å². The summed E-state index contributed by atoms with van der Waals surface area (Å²) in [5.74, 6) is 0. The van der Waals surface area contributed by atoms with Crippen molar-refractivity contribution in [3.05, 3.63) is 129 Å². The maximum absolute atomic E-state index is 11.2. The highest BCUT2D eigenvalue weighted by atomic mass is 31.2. The van der Waals surface area contributed by atoms with Crippen LogP contribution in [0.25, 0.3) is 0 Å². The van der Waals surface area contributed by atoms with Gasteiger partial charge in [-0.3, -0.25) is 10.1 Å². The average molecular weight is 441 g/mol. The number of nitrogens with zero attached hydrogens (tertiary/aromatic N) is 1. The Morgan fingerprint density at radius 3 is 1.25 bits per heavy atom. The number of aryl methyl sites for hydroxylation is 3. The highest BCUT2D eigenvalue weighted by Gasteiger charge is 2.45. The molecule has 32 heavy (non-hydrogen) atoms. The highest BCUT2D eigenvalue weighted by Crippen LogP contribution is 2.58. The van der Waals surface area contributed by atoms with Gasteiger partial charge in [0.05, 0.1) is 11.1 Å². The van der Waals surface area contributed by atoms with Crippen molar-refractivity contribution in [2.24, 2.45) is 0 Å². The molecule has 4 aromatic rings. The molecule has 0 atom stereocenters. The van der Waals surface area contributed by atoms with Gasteiger partial charge in [0.25, 0.3) is 5.69 Å². The summed E-state index contributed by atoms with van der Waals surface area (Å²) in [7, 11) is -2.04. The van der Waals surface area contributed by atoms with Crippen molar-refractivity contribution in [1.29, 1.82) is 0 Å². The fraction of sp³-hybridized carbons (Fsp3) is 0.143. The third-order valence-electron chi connectivity index (χ3n) is 5.99. The molecular formula is C28H27NO2P+. The van der Waals surface area contributed by atoms with Crippen LogP contribution in [0.2, 0.25) is 0 Å². The van der Waals surface area contributed by atoms with E-state index in [1.54, 1.807) is 12.1 Å². The van der Waals surface area contributed by atoms with Gasteiger partial charge in [-0.2, -0.15) is 0 Å². The molecule has 0 amide bonds. The second-order valence-corrected chi connectivity index (χ2v) is 11.9. The van der Waals surface area contributed by atoms with Gasteiger partial charge in [-0.05, 0) is 74.9 Å². The van der Waals surface area contributed by atoms with Crippen LogP contribution in [0.3, 0.4) is 0 Å². The normalized spacial score (nSPS) is 11.3. The number of hydrogen-bond donors (Lipinski definition) is 0. The fourth-order valence-corrected chi connectivity index (χ4v) is 8.29. The third-order valence-corrected chi connectivity index (χ3v) is 10.4. The van der Waals surface area contributed by atoms with E-state index in [9.17, 15) is 10.1 Å². The Morgan fingerprint density at radius 1 is 0.594 bits per heavy atom. The van der Waals surface area contributed by atoms with Crippen molar-refractivity contribution in [2.75, 3.05) is 0 Å². The van der Waals surface area contributed by atoms with Gasteiger partial charge in [-0.15, -0.1) is 0 Å². The number of hydrogen-bond acceptors (Lipinski definition) is 2. The summed E-state index contributed by atoms with van der Waals surface area (Å²) in [5.41, 5.74) is 4.92. The summed E-state index contributed by atoms with van der Waals surface area (Å²) in [5, 5.41) is 15.1. The summed E-state index contributed by atoms with van der Waals surface area (Å²) in [4.78, 5) is 10.8. The SMILES string of the molecule is Cc1ccc([P+](Cc2ccc([N+](=O)[O-])cc2)(c2ccc(C)cc2)c2ccc(C)cc2)cc1. The van der Waals surface area contributed by atoms with E-state index in [2.05, 4.69) is 93.6 Å². The highest BCUT2D eigenvalue weighted by molar-refractivity contribution is 7.95. The molecule has 4 heteroatoms. The summed E-state index contributed by atoms with van der Waals surface area (Å²) in [6, 6.07) is 33.7. The van der Waals surface area contributed by atoms with Crippen molar-refractivity contribution >= 4 is 28.9 Å². The number of non-ortho nitro benzene ring substituents is 1. The van der Waals surface area contributed by atoms with Crippen molar-refractivity contribution < 1.29 is 4.92 Å². The molecule has 0 radical (unpaired) electrons. The van der Waals surface area contributed by atoms with E-state index >= 15 is 0 Å². The fourth-order valence-electron chi connectivity index (χ4n) is 4.12. The lowest BCUT2D eigenvalue weighted by atomic mass is 10.2. The molecule has 0 aromatic heterocycles. The lowest BCUT2D eigenvalue weighted by Gasteiger charge is -2.28. The van der Waals surface area contributed by atoms with Crippen molar-refractivity contribution in [3.63, 3.8) is 0 Å². The van der Waals surface area contributed by atoms with Crippen molar-refractivity contribution in [1.82, 2.24) is 0 Å². The van der Waals surface area contributed by atoms with E-state index in [1.807, 2.05) is 12.1 Å². The third kappa shape index (κ3) is 4.35. The standard InChI is InChI=1S/C28H27NO2P/c1-21-4-14-26(15-5-21)32(27-16-6-22(2)7-17-27,28-18-8-23(3)9-19-28)20-24-10-12-25(13-11-24)29(30)31/h4-19H,20H2,1-3H3/q+1. The molecule has 0 aliphatic heterocycles. The number of nitro benzene ring substituents is 1. The maximum atomic E-state index is 11.2. The molecule has 4 aromatic carbocycles. The van der Waals surface area contributed by atoms with Gasteiger partial charge in [0.2, 0.25) is 0 Å². The molecule has 0 heterocycles. The molecule has 160 valence electrons. The average Bonchev–Trinajstić information content (AvgIpc) is 2.80. The summed E-state index contributed by atoms with van der Waals surface area (Å²) >= 11 is 0. The molecule has 0 fully saturated rings. The Morgan fingerprint density at radius 2 is 0.938 bits per heavy atom. The van der Waals surface area contributed by atoms with E-state index in [-0.39, 0.29) is 10.6 Å². The minimum atomic E-state index is -2.04. The van der Waals surface area contributed by atoms with E-state index in [0.717, 1.165) is 11.7 Å². The maximum Gasteiger partial charge on any atom is 0.269 e. The Bertz CT molecular complexity index is 1100. The van der Waals surface area contributed by atoms with Crippen molar-refractivity contribution in [2.45, 2.75) is 26.9 Å². The smallest absolute Gasteiger partial charge is 0.258 e. The number of rotatable bonds is 6. The molecule has 0 N–H and O–H groups in total. The molecule has 0 aliphatic rings. The first-order valence-corrected chi connectivity index (χ1v) is 12.7. The Labute approximate surface area is 190 Å². The van der Waals surface area contributed by atoms with Crippen LogP contribution in [-0.4, -0.2) is 4.92 Å². The van der Waals surface area contributed by atoms with Gasteiger partial charge in [-0.25, -0.2) is 0 Å². The van der Waals surface area contributed by atoms with Gasteiger partial charge >= 0.3 is 0 Å². The Kier molecular flexibility index (Phi) is 6.21. The predicted octanol–water partition coefficient (Wildman–Crippen LogP) is 6.01. The molecular weight excluding hydrogens is 413 g/mol. The summed E-state index contributed by atoms with van der Waals surface area (Å²) in [6.07, 6.45) is 0.806. The predicted molar refractivity (Wildman–Crippen MR) is 136 cm³/mol. The van der Waals surface area contributed by atoms with E-state index < -0.39 is 7.26 Å². The van der Waals surface area contributed by atoms with Gasteiger partial charge < -0.3 is 0 Å². The lowest BCUT2D eigenvalue weighted by Crippen LogP contribution is -2.32. The van der Waals surface area contributed by atoms with E-state index in [0.29, 0.717) is 0 Å². The van der Waals surface area contributed by atoms with E-state index in [1.165, 1.54) is 32.6 Å². The van der Waals surface area contributed by atoms with Gasteiger partial charge in [0, 0.05) is 12.1 Å². The number of benzene rings is 4. The minimum Gasteiger partial charge on any atom is -0.258 e. The second-order valence-electron chi connectivity index (χ2n) is 8.40. The van der Waals surface area contributed by atoms with Crippen LogP contribution >= 0.6 is 7.26 Å². The molecule has 0 saturated carbocycles. The first kappa shape index (κ1) is 21.9. The molecule has 0 spiro atoms. The molecule has 0 unspecified atom stereocenters. The van der Waals surface area contributed by atoms with Gasteiger partial charge in [-0.1, -0.05) is 53.1 Å². The lowest BCUT2D eigenvalue weighted by molar-refractivity contribution is -0.384. The molecule has 0 bridgehead atoms. The zero-order valence-corrected chi connectivity index (χ0v) is 19.6. The van der Waals surface area contributed by atoms with Crippen LogP contribution in [0, 0.1) is 30.9 Å². The van der Waals surface area contributed by atoms with Crippen molar-refractivity contribution in [3.8, 4) is 0 Å². The largest absolute Gasteiger partial charge is 0.269 e. The van der Waals surface area contributed by atoms with Crippen LogP contribution in [0.5, 0.6) is 0 Å². The van der Waals surface area contributed by atoms with E-state index in [4.69, 9.17) is 0 Å². The Balaban J connectivity index is 1.97. The zero-order valence-electron chi connectivity index (χ0n) is 18.7. The molecule has 0 aliphatic carbocycles. The Hall–Kier alpha value is -3.29. The van der Waals surface area contributed by atoms with Gasteiger partial charge in [0.15, 0.2) is 0 Å². The zero-order chi connectivity index (χ0) is 22.7.